The van der Waals surface area contributed by atoms with E-state index in [2.05, 4.69) is 20.4 Å². The van der Waals surface area contributed by atoms with Gasteiger partial charge in [-0.25, -0.2) is 0 Å². The summed E-state index contributed by atoms with van der Waals surface area (Å²) in [4.78, 5) is 6.88. The van der Waals surface area contributed by atoms with Crippen molar-refractivity contribution in [1.82, 2.24) is 20.4 Å². The zero-order valence-electron chi connectivity index (χ0n) is 13.8. The van der Waals surface area contributed by atoms with Crippen molar-refractivity contribution in [2.24, 2.45) is 0 Å². The zero-order valence-corrected chi connectivity index (χ0v) is 13.8. The van der Waals surface area contributed by atoms with Crippen LogP contribution in [0, 0.1) is 0 Å². The van der Waals surface area contributed by atoms with Crippen molar-refractivity contribution in [2.75, 3.05) is 19.7 Å². The van der Waals surface area contributed by atoms with E-state index < -0.39 is 0 Å². The van der Waals surface area contributed by atoms with E-state index >= 15 is 0 Å². The molecule has 0 bridgehead atoms. The van der Waals surface area contributed by atoms with Gasteiger partial charge in [0.05, 0.1) is 19.4 Å². The van der Waals surface area contributed by atoms with Gasteiger partial charge in [0, 0.05) is 25.7 Å². The number of aromatic nitrogens is 2. The van der Waals surface area contributed by atoms with Gasteiger partial charge in [0.1, 0.15) is 11.9 Å². The van der Waals surface area contributed by atoms with E-state index in [9.17, 15) is 0 Å². The van der Waals surface area contributed by atoms with Crippen molar-refractivity contribution < 1.29 is 13.7 Å². The third-order valence-corrected chi connectivity index (χ3v) is 4.78. The van der Waals surface area contributed by atoms with Crippen molar-refractivity contribution in [2.45, 2.75) is 50.9 Å². The van der Waals surface area contributed by atoms with E-state index in [0.717, 1.165) is 63.5 Å². The van der Waals surface area contributed by atoms with Gasteiger partial charge < -0.3 is 19.0 Å². The molecule has 2 aliphatic heterocycles. The average Bonchev–Trinajstić information content (AvgIpc) is 3.36. The smallest absolute Gasteiger partial charge is 0.255 e. The molecule has 0 spiro atoms. The Labute approximate surface area is 141 Å². The third-order valence-electron chi connectivity index (χ3n) is 4.78. The molecule has 7 heteroatoms. The van der Waals surface area contributed by atoms with Crippen LogP contribution in [0.4, 0.5) is 0 Å². The first-order valence-corrected chi connectivity index (χ1v) is 8.79. The van der Waals surface area contributed by atoms with Gasteiger partial charge in [-0.15, -0.1) is 0 Å². The van der Waals surface area contributed by atoms with Crippen LogP contribution < -0.4 is 5.32 Å². The molecule has 2 fully saturated rings. The molecule has 1 unspecified atom stereocenters. The Morgan fingerprint density at radius 3 is 2.92 bits per heavy atom. The molecule has 0 amide bonds. The molecule has 2 aromatic rings. The SMILES string of the molecule is c1coc(CN2CCC(NCc3noc(C4CCCO4)n3)CC2)c1. The molecule has 2 saturated heterocycles. The summed E-state index contributed by atoms with van der Waals surface area (Å²) in [7, 11) is 0. The number of likely N-dealkylation sites (tertiary alicyclic amines) is 1. The molecule has 1 atom stereocenters. The van der Waals surface area contributed by atoms with Crippen molar-refractivity contribution in [3.05, 3.63) is 35.9 Å². The highest BCUT2D eigenvalue weighted by molar-refractivity contribution is 4.98. The molecule has 24 heavy (non-hydrogen) atoms. The Hall–Kier alpha value is -1.70. The van der Waals surface area contributed by atoms with E-state index in [1.165, 1.54) is 0 Å². The van der Waals surface area contributed by atoms with E-state index in [1.807, 2.05) is 12.1 Å². The Kier molecular flexibility index (Phi) is 4.91. The molecule has 4 rings (SSSR count). The number of rotatable bonds is 6. The standard InChI is InChI=1S/C17H24N4O3/c1-3-14(22-9-1)12-21-7-5-13(6-8-21)18-11-16-19-17(24-20-16)15-4-2-10-23-15/h1,3,9,13,15,18H,2,4-8,10-12H2. The van der Waals surface area contributed by atoms with Gasteiger partial charge >= 0.3 is 0 Å². The van der Waals surface area contributed by atoms with Crippen LogP contribution in [0.3, 0.4) is 0 Å². The summed E-state index contributed by atoms with van der Waals surface area (Å²) in [6, 6.07) is 4.48. The first kappa shape index (κ1) is 15.8. The Morgan fingerprint density at radius 2 is 2.17 bits per heavy atom. The number of furan rings is 1. The molecule has 0 aliphatic carbocycles. The predicted octanol–water partition coefficient (Wildman–Crippen LogP) is 2.27. The highest BCUT2D eigenvalue weighted by Crippen LogP contribution is 2.26. The summed E-state index contributed by atoms with van der Waals surface area (Å²) in [5, 5.41) is 7.60. The van der Waals surface area contributed by atoms with Crippen LogP contribution in [0.5, 0.6) is 0 Å². The zero-order chi connectivity index (χ0) is 16.2. The lowest BCUT2D eigenvalue weighted by atomic mass is 10.0. The normalized spacial score (nSPS) is 23.1. The summed E-state index contributed by atoms with van der Waals surface area (Å²) in [5.41, 5.74) is 0. The minimum absolute atomic E-state index is 0.00362. The molecule has 2 aliphatic rings. The second kappa shape index (κ2) is 7.46. The maximum absolute atomic E-state index is 5.57. The van der Waals surface area contributed by atoms with Crippen LogP contribution in [0.25, 0.3) is 0 Å². The number of nitrogens with one attached hydrogen (secondary N) is 1. The summed E-state index contributed by atoms with van der Waals surface area (Å²) in [5.74, 6) is 2.38. The monoisotopic (exact) mass is 332 g/mol. The van der Waals surface area contributed by atoms with Crippen molar-refractivity contribution in [3.8, 4) is 0 Å². The van der Waals surface area contributed by atoms with Gasteiger partial charge in [0.15, 0.2) is 5.82 Å². The molecule has 0 saturated carbocycles. The lowest BCUT2D eigenvalue weighted by Crippen LogP contribution is -2.41. The number of hydrogen-bond donors (Lipinski definition) is 1. The quantitative estimate of drug-likeness (QED) is 0.869. The molecule has 1 N–H and O–H groups in total. The van der Waals surface area contributed by atoms with Gasteiger partial charge in [-0.1, -0.05) is 5.16 Å². The first-order chi connectivity index (χ1) is 11.9. The molecule has 7 nitrogen and oxygen atoms in total. The van der Waals surface area contributed by atoms with Gasteiger partial charge in [-0.2, -0.15) is 4.98 Å². The Balaban J connectivity index is 1.20. The van der Waals surface area contributed by atoms with Gasteiger partial charge in [0.2, 0.25) is 0 Å². The maximum atomic E-state index is 5.57. The highest BCUT2D eigenvalue weighted by Gasteiger charge is 2.24. The van der Waals surface area contributed by atoms with Crippen LogP contribution in [0.15, 0.2) is 27.3 Å². The Morgan fingerprint density at radius 1 is 1.25 bits per heavy atom. The summed E-state index contributed by atoms with van der Waals surface area (Å²) in [6.45, 7) is 4.49. The average molecular weight is 332 g/mol. The molecule has 130 valence electrons. The summed E-state index contributed by atoms with van der Waals surface area (Å²) in [6.07, 6.45) is 6.02. The maximum Gasteiger partial charge on any atom is 0.255 e. The Bertz CT molecular complexity index is 614. The van der Waals surface area contributed by atoms with Gasteiger partial charge in [-0.3, -0.25) is 4.90 Å². The topological polar surface area (TPSA) is 76.6 Å². The second-order valence-corrected chi connectivity index (χ2v) is 6.56. The van der Waals surface area contributed by atoms with Crippen molar-refractivity contribution in [1.29, 1.82) is 0 Å². The lowest BCUT2D eigenvalue weighted by Gasteiger charge is -2.31. The summed E-state index contributed by atoms with van der Waals surface area (Å²) >= 11 is 0. The van der Waals surface area contributed by atoms with Crippen molar-refractivity contribution in [3.63, 3.8) is 0 Å². The fourth-order valence-electron chi connectivity index (χ4n) is 3.40. The largest absolute Gasteiger partial charge is 0.468 e. The van der Waals surface area contributed by atoms with Crippen LogP contribution in [0.1, 0.15) is 49.3 Å². The van der Waals surface area contributed by atoms with E-state index in [1.54, 1.807) is 6.26 Å². The lowest BCUT2D eigenvalue weighted by molar-refractivity contribution is 0.0835. The number of piperidine rings is 1. The van der Waals surface area contributed by atoms with E-state index in [4.69, 9.17) is 13.7 Å². The van der Waals surface area contributed by atoms with E-state index in [-0.39, 0.29) is 6.10 Å². The van der Waals surface area contributed by atoms with Crippen molar-refractivity contribution >= 4 is 0 Å². The third kappa shape index (κ3) is 3.85. The first-order valence-electron chi connectivity index (χ1n) is 8.79. The predicted molar refractivity (Wildman–Crippen MR) is 86.1 cm³/mol. The van der Waals surface area contributed by atoms with Gasteiger partial charge in [0.25, 0.3) is 5.89 Å². The number of hydrogen-bond acceptors (Lipinski definition) is 7. The van der Waals surface area contributed by atoms with Crippen LogP contribution in [0.2, 0.25) is 0 Å². The molecule has 0 aromatic carbocycles. The fourth-order valence-corrected chi connectivity index (χ4v) is 3.40. The molecular formula is C17H24N4O3. The van der Waals surface area contributed by atoms with Crippen LogP contribution in [-0.4, -0.2) is 40.8 Å². The highest BCUT2D eigenvalue weighted by atomic mass is 16.5. The second-order valence-electron chi connectivity index (χ2n) is 6.56. The van der Waals surface area contributed by atoms with Crippen LogP contribution in [-0.2, 0) is 17.8 Å². The van der Waals surface area contributed by atoms with Crippen LogP contribution >= 0.6 is 0 Å². The molecule has 4 heterocycles. The minimum atomic E-state index is -0.00362. The molecule has 2 aromatic heterocycles. The van der Waals surface area contributed by atoms with Gasteiger partial charge in [-0.05, 0) is 37.8 Å². The molecule has 0 radical (unpaired) electrons. The molecular weight excluding hydrogens is 308 g/mol. The fraction of sp³-hybridized carbons (Fsp3) is 0.647. The number of nitrogens with zero attached hydrogens (tertiary/aromatic N) is 3. The number of ether oxygens (including phenoxy) is 1. The summed E-state index contributed by atoms with van der Waals surface area (Å²) < 4.78 is 16.3. The minimum Gasteiger partial charge on any atom is -0.468 e. The van der Waals surface area contributed by atoms with E-state index in [0.29, 0.717) is 18.5 Å².